The monoisotopic (exact) mass is 318 g/mol. The molecule has 0 spiro atoms. The van der Waals surface area contributed by atoms with Gasteiger partial charge in [0.1, 0.15) is 12.0 Å². The van der Waals surface area contributed by atoms with E-state index in [-0.39, 0.29) is 0 Å². The van der Waals surface area contributed by atoms with E-state index >= 15 is 0 Å². The Morgan fingerprint density at radius 3 is 2.67 bits per heavy atom. The molecule has 0 saturated carbocycles. The Labute approximate surface area is 143 Å². The van der Waals surface area contributed by atoms with Crippen LogP contribution in [0.1, 0.15) is 11.1 Å². The van der Waals surface area contributed by atoms with E-state index in [9.17, 15) is 0 Å². The Balaban J connectivity index is 1.45. The average Bonchev–Trinajstić information content (AvgIpc) is 2.86. The highest BCUT2D eigenvalue weighted by Crippen LogP contribution is 2.31. The largest absolute Gasteiger partial charge is 0.462 e. The molecule has 0 aliphatic carbocycles. The number of rotatable bonds is 4. The SMILES string of the molecule is CN(CC1=CCN2Cc3ccccc3OC=C12)Cc1ccccc1. The molecule has 122 valence electrons. The van der Waals surface area contributed by atoms with Crippen LogP contribution in [-0.2, 0) is 13.1 Å². The van der Waals surface area contributed by atoms with E-state index in [0.29, 0.717) is 0 Å². The van der Waals surface area contributed by atoms with Crippen molar-refractivity contribution >= 4 is 0 Å². The number of fused-ring (bicyclic) bond motifs is 2. The summed E-state index contributed by atoms with van der Waals surface area (Å²) in [5, 5.41) is 0. The summed E-state index contributed by atoms with van der Waals surface area (Å²) in [6, 6.07) is 18.9. The molecule has 4 rings (SSSR count). The number of nitrogens with zero attached hydrogens (tertiary/aromatic N) is 2. The zero-order chi connectivity index (χ0) is 16.4. The molecule has 3 heteroatoms. The summed E-state index contributed by atoms with van der Waals surface area (Å²) >= 11 is 0. The predicted octanol–water partition coefficient (Wildman–Crippen LogP) is 3.79. The Kier molecular flexibility index (Phi) is 4.09. The second-order valence-corrected chi connectivity index (χ2v) is 6.50. The van der Waals surface area contributed by atoms with Gasteiger partial charge in [0.05, 0.1) is 5.70 Å². The van der Waals surface area contributed by atoms with Crippen molar-refractivity contribution in [2.45, 2.75) is 13.1 Å². The molecule has 0 atom stereocenters. The maximum absolute atomic E-state index is 5.93. The zero-order valence-electron chi connectivity index (χ0n) is 14.0. The van der Waals surface area contributed by atoms with Crippen molar-refractivity contribution in [2.24, 2.45) is 0 Å². The van der Waals surface area contributed by atoms with Crippen LogP contribution in [0.25, 0.3) is 0 Å². The predicted molar refractivity (Wildman–Crippen MR) is 96.4 cm³/mol. The fraction of sp³-hybridized carbons (Fsp3) is 0.238. The van der Waals surface area contributed by atoms with Gasteiger partial charge >= 0.3 is 0 Å². The number of ether oxygens (including phenoxy) is 1. The lowest BCUT2D eigenvalue weighted by Gasteiger charge is -2.22. The van der Waals surface area contributed by atoms with Gasteiger partial charge in [-0.1, -0.05) is 54.6 Å². The third-order valence-electron chi connectivity index (χ3n) is 4.59. The molecular formula is C21H22N2O. The number of benzene rings is 2. The highest BCUT2D eigenvalue weighted by Gasteiger charge is 2.24. The molecule has 0 saturated heterocycles. The summed E-state index contributed by atoms with van der Waals surface area (Å²) in [7, 11) is 2.17. The van der Waals surface area contributed by atoms with Gasteiger partial charge in [-0.15, -0.1) is 0 Å². The molecule has 2 heterocycles. The lowest BCUT2D eigenvalue weighted by molar-refractivity contribution is 0.346. The average molecular weight is 318 g/mol. The summed E-state index contributed by atoms with van der Waals surface area (Å²) in [5.74, 6) is 0.969. The van der Waals surface area contributed by atoms with Gasteiger partial charge in [0.2, 0.25) is 0 Å². The Hall–Kier alpha value is -2.52. The molecule has 2 aromatic carbocycles. The van der Waals surface area contributed by atoms with Gasteiger partial charge in [-0.25, -0.2) is 0 Å². The number of hydrogen-bond acceptors (Lipinski definition) is 3. The molecular weight excluding hydrogens is 296 g/mol. The minimum absolute atomic E-state index is 0.907. The second kappa shape index (κ2) is 6.54. The van der Waals surface area contributed by atoms with E-state index in [1.807, 2.05) is 18.4 Å². The van der Waals surface area contributed by atoms with Crippen LogP contribution in [0.5, 0.6) is 5.75 Å². The van der Waals surface area contributed by atoms with E-state index in [1.54, 1.807) is 0 Å². The van der Waals surface area contributed by atoms with Gasteiger partial charge in [0.25, 0.3) is 0 Å². The summed E-state index contributed by atoms with van der Waals surface area (Å²) in [6.07, 6.45) is 4.24. The van der Waals surface area contributed by atoms with Gasteiger partial charge in [0, 0.05) is 31.7 Å². The Bertz CT molecular complexity index is 779. The molecule has 24 heavy (non-hydrogen) atoms. The fourth-order valence-corrected chi connectivity index (χ4v) is 3.39. The minimum Gasteiger partial charge on any atom is -0.462 e. The van der Waals surface area contributed by atoms with E-state index in [0.717, 1.165) is 31.9 Å². The van der Waals surface area contributed by atoms with Crippen LogP contribution in [0, 0.1) is 0 Å². The van der Waals surface area contributed by atoms with Gasteiger partial charge in [-0.05, 0) is 24.3 Å². The first-order valence-electron chi connectivity index (χ1n) is 8.41. The molecule has 0 radical (unpaired) electrons. The Morgan fingerprint density at radius 1 is 1.00 bits per heavy atom. The van der Waals surface area contributed by atoms with E-state index in [1.165, 1.54) is 22.4 Å². The number of para-hydroxylation sites is 1. The normalized spacial score (nSPS) is 16.0. The van der Waals surface area contributed by atoms with Crippen LogP contribution in [-0.4, -0.2) is 29.9 Å². The molecule has 0 N–H and O–H groups in total. The molecule has 3 nitrogen and oxygen atoms in total. The second-order valence-electron chi connectivity index (χ2n) is 6.50. The molecule has 2 aliphatic heterocycles. The molecule has 0 fully saturated rings. The first-order chi connectivity index (χ1) is 11.8. The van der Waals surface area contributed by atoms with Crippen LogP contribution in [0.2, 0.25) is 0 Å². The topological polar surface area (TPSA) is 15.7 Å². The highest BCUT2D eigenvalue weighted by atomic mass is 16.5. The number of likely N-dealkylation sites (N-methyl/N-ethyl adjacent to an activating group) is 1. The third-order valence-corrected chi connectivity index (χ3v) is 4.59. The fourth-order valence-electron chi connectivity index (χ4n) is 3.39. The molecule has 0 unspecified atom stereocenters. The van der Waals surface area contributed by atoms with Crippen molar-refractivity contribution in [2.75, 3.05) is 20.1 Å². The number of hydrogen-bond donors (Lipinski definition) is 0. The smallest absolute Gasteiger partial charge is 0.131 e. The first kappa shape index (κ1) is 15.0. The minimum atomic E-state index is 0.907. The first-order valence-corrected chi connectivity index (χ1v) is 8.41. The maximum Gasteiger partial charge on any atom is 0.131 e. The molecule has 0 aromatic heterocycles. The standard InChI is InChI=1S/C21H22N2O/c1-22(13-17-7-3-2-4-8-17)14-18-11-12-23-15-19-9-5-6-10-21(19)24-16-20(18)23/h2-11,16H,12-15H2,1H3. The maximum atomic E-state index is 5.93. The van der Waals surface area contributed by atoms with Crippen molar-refractivity contribution in [1.82, 2.24) is 9.80 Å². The van der Waals surface area contributed by atoms with Crippen molar-refractivity contribution in [1.29, 1.82) is 0 Å². The van der Waals surface area contributed by atoms with Crippen molar-refractivity contribution in [3.8, 4) is 5.75 Å². The van der Waals surface area contributed by atoms with E-state index in [2.05, 4.69) is 65.4 Å². The summed E-state index contributed by atoms with van der Waals surface area (Å²) in [4.78, 5) is 4.74. The van der Waals surface area contributed by atoms with Crippen LogP contribution in [0.15, 0.2) is 78.2 Å². The Morgan fingerprint density at radius 2 is 1.79 bits per heavy atom. The van der Waals surface area contributed by atoms with Crippen molar-refractivity contribution < 1.29 is 4.74 Å². The summed E-state index contributed by atoms with van der Waals surface area (Å²) in [6.45, 7) is 3.74. The van der Waals surface area contributed by atoms with Crippen LogP contribution >= 0.6 is 0 Å². The van der Waals surface area contributed by atoms with Gasteiger partial charge in [0.15, 0.2) is 0 Å². The van der Waals surface area contributed by atoms with Gasteiger partial charge in [-0.3, -0.25) is 4.90 Å². The van der Waals surface area contributed by atoms with Crippen LogP contribution in [0.3, 0.4) is 0 Å². The van der Waals surface area contributed by atoms with Crippen molar-refractivity contribution in [3.63, 3.8) is 0 Å². The van der Waals surface area contributed by atoms with Crippen LogP contribution < -0.4 is 4.74 Å². The molecule has 0 amide bonds. The zero-order valence-corrected chi connectivity index (χ0v) is 14.0. The highest BCUT2D eigenvalue weighted by molar-refractivity contribution is 5.42. The van der Waals surface area contributed by atoms with Crippen molar-refractivity contribution in [3.05, 3.63) is 89.3 Å². The van der Waals surface area contributed by atoms with E-state index in [4.69, 9.17) is 4.74 Å². The third kappa shape index (κ3) is 3.08. The lowest BCUT2D eigenvalue weighted by atomic mass is 10.1. The van der Waals surface area contributed by atoms with E-state index < -0.39 is 0 Å². The lowest BCUT2D eigenvalue weighted by Crippen LogP contribution is -2.23. The molecule has 0 bridgehead atoms. The quantitative estimate of drug-likeness (QED) is 0.853. The summed E-state index contributed by atoms with van der Waals surface area (Å²) in [5.41, 5.74) is 5.15. The molecule has 2 aliphatic rings. The van der Waals surface area contributed by atoms with Gasteiger partial charge < -0.3 is 9.64 Å². The summed E-state index contributed by atoms with van der Waals surface area (Å²) < 4.78 is 5.93. The van der Waals surface area contributed by atoms with Crippen LogP contribution in [0.4, 0.5) is 0 Å². The molecule has 2 aromatic rings. The van der Waals surface area contributed by atoms with Gasteiger partial charge in [-0.2, -0.15) is 0 Å².